The number of ether oxygens (including phenoxy) is 4. The van der Waals surface area contributed by atoms with E-state index < -0.39 is 86.8 Å². The summed E-state index contributed by atoms with van der Waals surface area (Å²) in [4.78, 5) is 13.4. The molecule has 12 unspecified atom stereocenters. The molecule has 2 fully saturated rings. The molecule has 2 aliphatic heterocycles. The molecule has 0 aromatic heterocycles. The van der Waals surface area contributed by atoms with Crippen LogP contribution in [0.5, 0.6) is 0 Å². The van der Waals surface area contributed by atoms with Crippen LogP contribution in [0.1, 0.15) is 386 Å². The summed E-state index contributed by atoms with van der Waals surface area (Å²) >= 11 is 0. The van der Waals surface area contributed by atoms with Crippen LogP contribution in [0.4, 0.5) is 0 Å². The topological polar surface area (TPSA) is 228 Å². The number of carbonyl (C=O) groups excluding carboxylic acids is 1. The highest BCUT2D eigenvalue weighted by Crippen LogP contribution is 2.30. The number of unbranched alkanes of at least 4 members (excludes halogenated alkanes) is 54. The van der Waals surface area contributed by atoms with Gasteiger partial charge in [-0.3, -0.25) is 4.79 Å². The Balaban J connectivity index is 1.61. The van der Waals surface area contributed by atoms with Crippen molar-refractivity contribution < 1.29 is 64.6 Å². The fraction of sp³-hybridized carbons (Fsp3) is 0.987. The van der Waals surface area contributed by atoms with E-state index in [9.17, 15) is 45.6 Å². The summed E-state index contributed by atoms with van der Waals surface area (Å²) in [7, 11) is 0. The molecule has 2 heterocycles. The largest absolute Gasteiger partial charge is 0.394 e. The summed E-state index contributed by atoms with van der Waals surface area (Å²) in [6, 6.07) is -0.825. The lowest BCUT2D eigenvalue weighted by molar-refractivity contribution is -0.359. The predicted octanol–water partition coefficient (Wildman–Crippen LogP) is 17.1. The quantitative estimate of drug-likeness (QED) is 0.0259. The van der Waals surface area contributed by atoms with Gasteiger partial charge in [0.1, 0.15) is 48.8 Å². The van der Waals surface area contributed by atoms with E-state index in [4.69, 9.17) is 18.9 Å². The third-order valence-corrected chi connectivity index (χ3v) is 19.8. The van der Waals surface area contributed by atoms with Gasteiger partial charge in [0.2, 0.25) is 5.91 Å². The molecule has 0 aromatic rings. The fourth-order valence-corrected chi connectivity index (χ4v) is 13.6. The first kappa shape index (κ1) is 85.1. The van der Waals surface area contributed by atoms with E-state index >= 15 is 0 Å². The van der Waals surface area contributed by atoms with Crippen molar-refractivity contribution in [3.05, 3.63) is 0 Å². The highest BCUT2D eigenvalue weighted by Gasteiger charge is 2.51. The molecule has 12 atom stereocenters. The summed E-state index contributed by atoms with van der Waals surface area (Å²) in [5.41, 5.74) is 0. The maximum Gasteiger partial charge on any atom is 0.220 e. The van der Waals surface area contributed by atoms with Crippen LogP contribution in [0, 0.1) is 0 Å². The maximum atomic E-state index is 13.4. The highest BCUT2D eigenvalue weighted by atomic mass is 16.7. The van der Waals surface area contributed by atoms with Crippen molar-refractivity contribution in [3.8, 4) is 0 Å². The number of amides is 1. The van der Waals surface area contributed by atoms with Gasteiger partial charge in [0.25, 0.3) is 0 Å². The second-order valence-corrected chi connectivity index (χ2v) is 28.2. The lowest BCUT2D eigenvalue weighted by atomic mass is 9.97. The van der Waals surface area contributed by atoms with Crippen LogP contribution < -0.4 is 5.32 Å². The Labute approximate surface area is 553 Å². The molecule has 0 aliphatic carbocycles. The molecule has 0 saturated carbocycles. The molecule has 2 rings (SSSR count). The second-order valence-electron chi connectivity index (χ2n) is 28.2. The van der Waals surface area contributed by atoms with Gasteiger partial charge in [0.05, 0.1) is 32.0 Å². The third kappa shape index (κ3) is 44.7. The molecular weight excluding hydrogens is 1130 g/mol. The minimum absolute atomic E-state index is 0.195. The van der Waals surface area contributed by atoms with Gasteiger partial charge in [0.15, 0.2) is 12.6 Å². The van der Waals surface area contributed by atoms with Crippen molar-refractivity contribution in [1.82, 2.24) is 5.32 Å². The zero-order chi connectivity index (χ0) is 65.2. The normalized spacial score (nSPS) is 22.8. The van der Waals surface area contributed by atoms with Crippen LogP contribution in [0.15, 0.2) is 0 Å². The number of aliphatic hydroxyl groups is 8. The summed E-state index contributed by atoms with van der Waals surface area (Å²) in [5.74, 6) is -0.195. The summed E-state index contributed by atoms with van der Waals surface area (Å²) in [6.07, 6.45) is 58.6. The number of aliphatic hydroxyl groups excluding tert-OH is 8. The van der Waals surface area contributed by atoms with Crippen molar-refractivity contribution in [2.24, 2.45) is 0 Å². The molecule has 536 valence electrons. The zero-order valence-corrected chi connectivity index (χ0v) is 58.7. The highest BCUT2D eigenvalue weighted by molar-refractivity contribution is 5.76. The van der Waals surface area contributed by atoms with Crippen LogP contribution in [0.2, 0.25) is 0 Å². The Morgan fingerprint density at radius 1 is 0.356 bits per heavy atom. The van der Waals surface area contributed by atoms with Crippen molar-refractivity contribution in [1.29, 1.82) is 0 Å². The molecule has 2 saturated heterocycles. The first-order valence-electron chi connectivity index (χ1n) is 39.3. The van der Waals surface area contributed by atoms with Gasteiger partial charge in [-0.2, -0.15) is 0 Å². The molecule has 0 aromatic carbocycles. The first-order chi connectivity index (χ1) is 44.1. The van der Waals surface area contributed by atoms with E-state index in [1.54, 1.807) is 0 Å². The molecular formula is C76H149NO13. The molecule has 90 heavy (non-hydrogen) atoms. The monoisotopic (exact) mass is 1280 g/mol. The van der Waals surface area contributed by atoms with E-state index in [1.165, 1.54) is 308 Å². The molecule has 0 spiro atoms. The standard InChI is InChI=1S/C76H149NO13/c1-3-5-7-9-11-13-15-17-19-21-23-25-27-29-30-31-32-33-34-36-38-40-42-44-46-48-50-52-54-56-58-60-68(81)77-64(63-87-75-73(86)71(84)74(67(62-79)89-75)90-76-72(85)70(83)69(82)66(61-78)88-76)65(80)59-57-55-53-51-49-47-45-43-41-39-37-35-28-26-24-22-20-18-16-14-12-10-8-6-4-2/h64-67,69-76,78-80,82-86H,3-63H2,1-2H3,(H,77,81). The van der Waals surface area contributed by atoms with Gasteiger partial charge >= 0.3 is 0 Å². The average Bonchev–Trinajstić information content (AvgIpc) is 1.42. The average molecular weight is 1290 g/mol. The number of nitrogens with one attached hydrogen (secondary N) is 1. The molecule has 2 aliphatic rings. The lowest BCUT2D eigenvalue weighted by Crippen LogP contribution is -2.65. The lowest BCUT2D eigenvalue weighted by Gasteiger charge is -2.46. The number of carbonyl (C=O) groups is 1. The predicted molar refractivity (Wildman–Crippen MR) is 369 cm³/mol. The van der Waals surface area contributed by atoms with Crippen LogP contribution in [0.3, 0.4) is 0 Å². The maximum absolute atomic E-state index is 13.4. The van der Waals surface area contributed by atoms with E-state index in [1.807, 2.05) is 0 Å². The van der Waals surface area contributed by atoms with Gasteiger partial charge in [-0.05, 0) is 12.8 Å². The van der Waals surface area contributed by atoms with Crippen molar-refractivity contribution in [2.75, 3.05) is 19.8 Å². The fourth-order valence-electron chi connectivity index (χ4n) is 13.6. The Morgan fingerprint density at radius 3 is 0.944 bits per heavy atom. The molecule has 0 bridgehead atoms. The van der Waals surface area contributed by atoms with E-state index in [0.717, 1.165) is 51.4 Å². The Morgan fingerprint density at radius 2 is 0.633 bits per heavy atom. The molecule has 0 radical (unpaired) electrons. The van der Waals surface area contributed by atoms with Crippen molar-refractivity contribution in [2.45, 2.75) is 460 Å². The van der Waals surface area contributed by atoms with Crippen LogP contribution >= 0.6 is 0 Å². The van der Waals surface area contributed by atoms with Crippen LogP contribution in [-0.4, -0.2) is 140 Å². The van der Waals surface area contributed by atoms with Gasteiger partial charge < -0.3 is 65.1 Å². The zero-order valence-electron chi connectivity index (χ0n) is 58.7. The van der Waals surface area contributed by atoms with Crippen LogP contribution in [0.25, 0.3) is 0 Å². The summed E-state index contributed by atoms with van der Waals surface area (Å²) < 4.78 is 23.0. The van der Waals surface area contributed by atoms with Crippen LogP contribution in [-0.2, 0) is 23.7 Å². The Hall–Kier alpha value is -1.01. The SMILES string of the molecule is CCCCCCCCCCCCCCCCCCCCCCCCCCCCCCCCCC(=O)NC(COC1OC(CO)C(OC2OC(CO)C(O)C(O)C2O)C(O)C1O)C(O)CCCCCCCCCCCCCCCCCCCCCCCCCCC. The van der Waals surface area contributed by atoms with Gasteiger partial charge in [0, 0.05) is 6.42 Å². The minimum Gasteiger partial charge on any atom is -0.394 e. The van der Waals surface area contributed by atoms with Gasteiger partial charge in [-0.1, -0.05) is 367 Å². The molecule has 14 heteroatoms. The van der Waals surface area contributed by atoms with E-state index in [0.29, 0.717) is 12.8 Å². The minimum atomic E-state index is -1.78. The van der Waals surface area contributed by atoms with Crippen molar-refractivity contribution in [3.63, 3.8) is 0 Å². The molecule has 1 amide bonds. The summed E-state index contributed by atoms with van der Waals surface area (Å²) in [6.45, 7) is 2.94. The summed E-state index contributed by atoms with van der Waals surface area (Å²) in [5, 5.41) is 87.8. The number of hydrogen-bond donors (Lipinski definition) is 9. The molecule has 9 N–H and O–H groups in total. The Kier molecular flexibility index (Phi) is 58.2. The number of hydrogen-bond acceptors (Lipinski definition) is 13. The second kappa shape index (κ2) is 61.6. The molecule has 14 nitrogen and oxygen atoms in total. The van der Waals surface area contributed by atoms with E-state index in [-0.39, 0.29) is 12.5 Å². The van der Waals surface area contributed by atoms with Crippen molar-refractivity contribution >= 4 is 5.91 Å². The van der Waals surface area contributed by atoms with Gasteiger partial charge in [-0.25, -0.2) is 0 Å². The Bertz CT molecular complexity index is 1510. The number of rotatable bonds is 67. The van der Waals surface area contributed by atoms with Gasteiger partial charge in [-0.15, -0.1) is 0 Å². The third-order valence-electron chi connectivity index (χ3n) is 19.8. The van der Waals surface area contributed by atoms with E-state index in [2.05, 4.69) is 19.2 Å². The smallest absolute Gasteiger partial charge is 0.220 e. The first-order valence-corrected chi connectivity index (χ1v) is 39.3.